The van der Waals surface area contributed by atoms with Gasteiger partial charge in [0, 0.05) is 32.2 Å². The Morgan fingerprint density at radius 2 is 1.84 bits per heavy atom. The summed E-state index contributed by atoms with van der Waals surface area (Å²) < 4.78 is 65.1. The van der Waals surface area contributed by atoms with Crippen molar-refractivity contribution in [2.24, 2.45) is 5.92 Å². The first kappa shape index (κ1) is 36.7. The predicted octanol–water partition coefficient (Wildman–Crippen LogP) is 0.222. The molecule has 19 nitrogen and oxygen atoms in total. The quantitative estimate of drug-likeness (QED) is 0.189. The molecule has 0 spiro atoms. The predicted molar refractivity (Wildman–Crippen MR) is 167 cm³/mol. The molecule has 270 valence electrons. The van der Waals surface area contributed by atoms with Gasteiger partial charge in [0.2, 0.25) is 5.91 Å². The lowest BCUT2D eigenvalue weighted by Gasteiger charge is -2.31. The third kappa shape index (κ3) is 8.24. The average molecular weight is 713 g/mol. The number of anilines is 2. The summed E-state index contributed by atoms with van der Waals surface area (Å²) in [5.74, 6) is -1.58. The zero-order valence-corrected chi connectivity index (χ0v) is 28.3. The Kier molecular flexibility index (Phi) is 11.3. The summed E-state index contributed by atoms with van der Waals surface area (Å²) in [6, 6.07) is 1.33. The van der Waals surface area contributed by atoms with E-state index in [-0.39, 0.29) is 48.5 Å². The summed E-state index contributed by atoms with van der Waals surface area (Å²) in [5.41, 5.74) is 11.3. The normalized spacial score (nSPS) is 28.4. The van der Waals surface area contributed by atoms with Gasteiger partial charge in [-0.15, -0.1) is 0 Å². The number of nitrogens with one attached hydrogen (secondary N) is 1. The Bertz CT molecular complexity index is 1730. The molecule has 0 radical (unpaired) electrons. The van der Waals surface area contributed by atoms with Crippen molar-refractivity contribution in [3.8, 4) is 0 Å². The van der Waals surface area contributed by atoms with Gasteiger partial charge in [0.25, 0.3) is 7.82 Å². The number of phosphoric ester groups is 1. The number of phosphoric acid groups is 1. The monoisotopic (exact) mass is 712 g/mol. The number of nitrogens with zero attached hydrogens (tertiary/aromatic N) is 6. The number of amides is 1. The van der Waals surface area contributed by atoms with E-state index in [1.807, 2.05) is 0 Å². The number of nitrogen functional groups attached to an aromatic ring is 2. The summed E-state index contributed by atoms with van der Waals surface area (Å²) in [5, 5.41) is 2.68. The lowest BCUT2D eigenvalue weighted by molar-refractivity contribution is -0.236. The summed E-state index contributed by atoms with van der Waals surface area (Å²) >= 11 is 0. The Morgan fingerprint density at radius 1 is 1.10 bits per heavy atom. The fourth-order valence-electron chi connectivity index (χ4n) is 5.77. The van der Waals surface area contributed by atoms with Gasteiger partial charge in [0.1, 0.15) is 36.0 Å². The van der Waals surface area contributed by atoms with Crippen molar-refractivity contribution in [3.63, 3.8) is 0 Å². The first-order chi connectivity index (χ1) is 23.2. The molecule has 2 fully saturated rings. The molecule has 9 atom stereocenters. The maximum Gasteiger partial charge on any atom is 0.351 e. The smallest absolute Gasteiger partial charge is 0.351 e. The largest absolute Gasteiger partial charge is 0.756 e. The number of imidazole rings is 1. The van der Waals surface area contributed by atoms with Crippen molar-refractivity contribution in [1.82, 2.24) is 34.4 Å². The van der Waals surface area contributed by atoms with Gasteiger partial charge in [-0.3, -0.25) is 18.5 Å². The van der Waals surface area contributed by atoms with Crippen LogP contribution < -0.4 is 27.4 Å². The van der Waals surface area contributed by atoms with Gasteiger partial charge in [-0.2, -0.15) is 4.98 Å². The highest BCUT2D eigenvalue weighted by molar-refractivity contribution is 7.45. The van der Waals surface area contributed by atoms with Gasteiger partial charge < -0.3 is 49.7 Å². The van der Waals surface area contributed by atoms with Gasteiger partial charge >= 0.3 is 5.69 Å². The van der Waals surface area contributed by atoms with E-state index in [9.17, 15) is 19.0 Å². The molecule has 5 rings (SSSR count). The van der Waals surface area contributed by atoms with Crippen LogP contribution in [0.2, 0.25) is 0 Å². The first-order valence-corrected chi connectivity index (χ1v) is 17.0. The molecular weight excluding hydrogens is 672 g/mol. The topological polar surface area (TPSA) is 255 Å². The van der Waals surface area contributed by atoms with Crippen molar-refractivity contribution in [3.05, 3.63) is 35.4 Å². The number of halogens is 1. The van der Waals surface area contributed by atoms with Gasteiger partial charge in [0.15, 0.2) is 30.1 Å². The van der Waals surface area contributed by atoms with Crippen LogP contribution in [0.25, 0.3) is 11.2 Å². The Morgan fingerprint density at radius 3 is 2.51 bits per heavy atom. The minimum atomic E-state index is -4.91. The highest BCUT2D eigenvalue weighted by atomic mass is 31.2. The summed E-state index contributed by atoms with van der Waals surface area (Å²) in [6.45, 7) is 6.28. The molecule has 1 amide bonds. The highest BCUT2D eigenvalue weighted by Crippen LogP contribution is 2.47. The van der Waals surface area contributed by atoms with E-state index >= 15 is 4.39 Å². The van der Waals surface area contributed by atoms with Crippen LogP contribution in [0.1, 0.15) is 46.6 Å². The zero-order chi connectivity index (χ0) is 35.6. The SMILES string of the molecule is CO[C@@H]1[C@H](OP(=O)([O-])OC(C)C)[C@@H](CNC(=O)C[C@H]2[C@@H](F)[C@H](n3ccc(N)nc3=O)O[C@@H]2COC(C)C)O[C@H]1n1cnc2c(N)ncnc21. The molecule has 0 aliphatic carbocycles. The molecule has 2 saturated heterocycles. The molecule has 0 aromatic carbocycles. The van der Waals surface area contributed by atoms with Gasteiger partial charge in [0.05, 0.1) is 31.2 Å². The van der Waals surface area contributed by atoms with Crippen LogP contribution in [0.5, 0.6) is 0 Å². The van der Waals surface area contributed by atoms with Crippen LogP contribution in [-0.2, 0) is 37.4 Å². The van der Waals surface area contributed by atoms with Crippen molar-refractivity contribution in [2.45, 2.75) is 89.4 Å². The second-order valence-corrected chi connectivity index (χ2v) is 13.4. The third-order valence-electron chi connectivity index (χ3n) is 7.92. The number of fused-ring (bicyclic) bond motifs is 1. The first-order valence-electron chi connectivity index (χ1n) is 15.5. The molecule has 3 aromatic heterocycles. The summed E-state index contributed by atoms with van der Waals surface area (Å²) in [6.07, 6.45) is -6.09. The number of alkyl halides is 1. The van der Waals surface area contributed by atoms with Crippen LogP contribution in [0.15, 0.2) is 29.7 Å². The van der Waals surface area contributed by atoms with E-state index in [1.54, 1.807) is 13.8 Å². The number of carbonyl (C=O) groups excluding carboxylic acids is 1. The molecule has 2 aliphatic heterocycles. The average Bonchev–Trinajstić information content (AvgIpc) is 3.68. The number of rotatable bonds is 14. The molecule has 21 heteroatoms. The van der Waals surface area contributed by atoms with E-state index < -0.39 is 74.5 Å². The number of aromatic nitrogens is 6. The lowest BCUT2D eigenvalue weighted by atomic mass is 9.95. The third-order valence-corrected chi connectivity index (χ3v) is 9.11. The molecule has 5 N–H and O–H groups in total. The van der Waals surface area contributed by atoms with Crippen LogP contribution in [0, 0.1) is 5.92 Å². The standard InChI is InChI=1S/C28H41FN9O10P/c1-13(2)44-10-17-15(20(29)26(46-17)37-7-6-18(30)36-28(37)40)8-19(39)32-9-16-22(48-49(41,42)47-14(3)4)23(43-5)27(45-16)38-12-35-21-24(31)33-11-34-25(21)38/h6-7,11-17,20,22-23,26-27H,8-10H2,1-5H3,(H,32,39)(H,41,42)(H2,30,36,40)(H2,31,33,34)/p-1/t15-,16-,17-,20-,22-,23-,26-,27-/m1/s1. The minimum absolute atomic E-state index is 0.0395. The zero-order valence-electron chi connectivity index (χ0n) is 27.4. The van der Waals surface area contributed by atoms with E-state index in [0.717, 1.165) is 4.57 Å². The van der Waals surface area contributed by atoms with Crippen molar-refractivity contribution in [2.75, 3.05) is 31.7 Å². The Balaban J connectivity index is 1.35. The van der Waals surface area contributed by atoms with Gasteiger partial charge in [-0.05, 0) is 33.8 Å². The number of hydrogen-bond acceptors (Lipinski definition) is 16. The van der Waals surface area contributed by atoms with E-state index in [2.05, 4.69) is 25.3 Å². The second kappa shape index (κ2) is 15.1. The van der Waals surface area contributed by atoms with E-state index in [1.165, 1.54) is 50.4 Å². The maximum atomic E-state index is 16.0. The van der Waals surface area contributed by atoms with Crippen LogP contribution in [-0.4, -0.2) is 98.0 Å². The summed E-state index contributed by atoms with van der Waals surface area (Å²) in [7, 11) is -3.57. The second-order valence-electron chi connectivity index (χ2n) is 12.1. The van der Waals surface area contributed by atoms with Gasteiger partial charge in [-0.25, -0.2) is 24.1 Å². The molecule has 0 bridgehead atoms. The molecule has 1 unspecified atom stereocenters. The molecule has 49 heavy (non-hydrogen) atoms. The van der Waals surface area contributed by atoms with Crippen LogP contribution in [0.3, 0.4) is 0 Å². The van der Waals surface area contributed by atoms with Crippen LogP contribution >= 0.6 is 7.82 Å². The molecule has 0 saturated carbocycles. The number of nitrogens with two attached hydrogens (primary N) is 2. The minimum Gasteiger partial charge on any atom is -0.756 e. The molecule has 2 aliphatic rings. The molecular formula is C28H40FN9O10P-. The number of hydrogen-bond donors (Lipinski definition) is 3. The van der Waals surface area contributed by atoms with Crippen LogP contribution in [0.4, 0.5) is 16.0 Å². The lowest BCUT2D eigenvalue weighted by Crippen LogP contribution is -2.43. The van der Waals surface area contributed by atoms with Crippen molar-refractivity contribution in [1.29, 1.82) is 0 Å². The fourth-order valence-corrected chi connectivity index (χ4v) is 6.89. The molecule has 5 heterocycles. The van der Waals surface area contributed by atoms with E-state index in [0.29, 0.717) is 0 Å². The Labute approximate surface area is 280 Å². The summed E-state index contributed by atoms with van der Waals surface area (Å²) in [4.78, 5) is 54.7. The highest BCUT2D eigenvalue weighted by Gasteiger charge is 2.50. The fraction of sp³-hybridized carbons (Fsp3) is 0.643. The maximum absolute atomic E-state index is 16.0. The van der Waals surface area contributed by atoms with Gasteiger partial charge in [-0.1, -0.05) is 0 Å². The van der Waals surface area contributed by atoms with E-state index in [4.69, 9.17) is 39.5 Å². The van der Waals surface area contributed by atoms with Crippen molar-refractivity contribution < 1.29 is 46.6 Å². The number of methoxy groups -OCH3 is 1. The Hall–Kier alpha value is -3.62. The van der Waals surface area contributed by atoms with Crippen molar-refractivity contribution >= 4 is 36.5 Å². The number of ether oxygens (including phenoxy) is 4. The number of carbonyl (C=O) groups is 1. The molecule has 3 aromatic rings.